The summed E-state index contributed by atoms with van der Waals surface area (Å²) >= 11 is 0. The summed E-state index contributed by atoms with van der Waals surface area (Å²) in [5, 5.41) is 10.3. The van der Waals surface area contributed by atoms with Crippen LogP contribution in [0.1, 0.15) is 106 Å². The van der Waals surface area contributed by atoms with Gasteiger partial charge in [-0.1, -0.05) is 32.4 Å². The molecule has 0 radical (unpaired) electrons. The number of carbonyl (C=O) groups excluding carboxylic acids is 2. The number of piperazine rings is 1. The van der Waals surface area contributed by atoms with Gasteiger partial charge in [0.05, 0.1) is 12.2 Å². The van der Waals surface area contributed by atoms with E-state index in [1.807, 2.05) is 18.7 Å². The van der Waals surface area contributed by atoms with Crippen LogP contribution in [0, 0.1) is 40.4 Å². The van der Waals surface area contributed by atoms with E-state index in [1.165, 1.54) is 32.1 Å². The van der Waals surface area contributed by atoms with Crippen LogP contribution in [0.25, 0.3) is 0 Å². The van der Waals surface area contributed by atoms with E-state index in [2.05, 4.69) is 33.8 Å². The van der Waals surface area contributed by atoms with Crippen molar-refractivity contribution in [2.24, 2.45) is 40.4 Å². The molecule has 0 aromatic rings. The first-order valence-electron chi connectivity index (χ1n) is 16.1. The Morgan fingerprint density at radius 1 is 1.08 bits per heavy atom. The zero-order valence-corrected chi connectivity index (χ0v) is 25.5. The smallest absolute Gasteiger partial charge is 0.410 e. The van der Waals surface area contributed by atoms with Crippen LogP contribution in [-0.4, -0.2) is 64.8 Å². The number of aliphatic hydroxyl groups is 1. The fourth-order valence-corrected chi connectivity index (χ4v) is 10.1. The SMILES string of the molecule is CC(C)OC(=O)N1CCN(C(=O)CC[C@@H](C)[C@H]2CC[C@H]3[C@@H]4CC=C5C[C@@H](O)CC[C@]5(C)[C@H]4CC[C@]23C)[C@@H](C)C1. The highest BCUT2D eigenvalue weighted by atomic mass is 16.6. The van der Waals surface area contributed by atoms with Crippen LogP contribution in [0.4, 0.5) is 4.79 Å². The summed E-state index contributed by atoms with van der Waals surface area (Å²) in [5.41, 5.74) is 2.24. The predicted molar refractivity (Wildman–Crippen MR) is 154 cm³/mol. The van der Waals surface area contributed by atoms with Crippen LogP contribution < -0.4 is 0 Å². The molecule has 4 fully saturated rings. The number of amides is 2. The molecule has 1 N–H and O–H groups in total. The van der Waals surface area contributed by atoms with Crippen LogP contribution in [0.5, 0.6) is 0 Å². The molecule has 9 atom stereocenters. The van der Waals surface area contributed by atoms with Crippen LogP contribution >= 0.6 is 0 Å². The lowest BCUT2D eigenvalue weighted by atomic mass is 9.47. The second kappa shape index (κ2) is 11.0. The molecule has 1 heterocycles. The van der Waals surface area contributed by atoms with E-state index in [9.17, 15) is 14.7 Å². The summed E-state index contributed by atoms with van der Waals surface area (Å²) in [6.07, 6.45) is 13.1. The Kier molecular flexibility index (Phi) is 8.18. The van der Waals surface area contributed by atoms with Gasteiger partial charge >= 0.3 is 6.09 Å². The summed E-state index contributed by atoms with van der Waals surface area (Å²) in [6, 6.07) is 0.0245. The van der Waals surface area contributed by atoms with Crippen molar-refractivity contribution in [3.05, 3.63) is 11.6 Å². The Labute approximate surface area is 236 Å². The summed E-state index contributed by atoms with van der Waals surface area (Å²) < 4.78 is 5.36. The maximum absolute atomic E-state index is 13.3. The molecular weight excluding hydrogens is 488 g/mol. The Hall–Kier alpha value is -1.56. The summed E-state index contributed by atoms with van der Waals surface area (Å²) in [5.74, 6) is 3.84. The summed E-state index contributed by atoms with van der Waals surface area (Å²) in [6.45, 7) is 15.0. The first-order chi connectivity index (χ1) is 18.4. The molecule has 0 aromatic heterocycles. The van der Waals surface area contributed by atoms with E-state index in [1.54, 1.807) is 10.5 Å². The van der Waals surface area contributed by atoms with E-state index in [0.29, 0.717) is 48.7 Å². The normalized spacial score (nSPS) is 40.9. The molecule has 1 aliphatic heterocycles. The minimum Gasteiger partial charge on any atom is -0.447 e. The molecule has 6 heteroatoms. The standard InChI is InChI=1S/C33H54N2O4/c1-21(2)39-31(38)34-17-18-35(23(4)20-34)30(37)12-7-22(3)27-10-11-28-26-9-8-24-19-25(36)13-15-32(24,5)29(26)14-16-33(27,28)6/h8,21-23,25-29,36H,7,9-20H2,1-6H3/t22-,23+,25+,26+,27-,28+,29+,32+,33-/m1/s1. The van der Waals surface area contributed by atoms with E-state index < -0.39 is 0 Å². The highest BCUT2D eigenvalue weighted by Crippen LogP contribution is 2.67. The minimum atomic E-state index is -0.268. The van der Waals surface area contributed by atoms with Crippen LogP contribution in [-0.2, 0) is 9.53 Å². The van der Waals surface area contributed by atoms with Gasteiger partial charge in [0.2, 0.25) is 5.91 Å². The van der Waals surface area contributed by atoms with Crippen molar-refractivity contribution < 1.29 is 19.4 Å². The second-order valence-corrected chi connectivity index (χ2v) is 14.7. The molecule has 3 saturated carbocycles. The Morgan fingerprint density at radius 3 is 2.56 bits per heavy atom. The predicted octanol–water partition coefficient (Wildman–Crippen LogP) is 6.42. The number of rotatable bonds is 5. The first-order valence-corrected chi connectivity index (χ1v) is 16.1. The number of carbonyl (C=O) groups is 2. The molecule has 0 bridgehead atoms. The summed E-state index contributed by atoms with van der Waals surface area (Å²) in [7, 11) is 0. The van der Waals surface area contributed by atoms with Crippen molar-refractivity contribution in [2.75, 3.05) is 19.6 Å². The highest BCUT2D eigenvalue weighted by molar-refractivity contribution is 5.77. The van der Waals surface area contributed by atoms with Gasteiger partial charge in [-0.25, -0.2) is 4.79 Å². The molecule has 2 amide bonds. The fraction of sp³-hybridized carbons (Fsp3) is 0.879. The van der Waals surface area contributed by atoms with Crippen molar-refractivity contribution >= 4 is 12.0 Å². The van der Waals surface area contributed by atoms with Gasteiger partial charge in [-0.05, 0) is 119 Å². The maximum atomic E-state index is 13.3. The Balaban J connectivity index is 1.17. The van der Waals surface area contributed by atoms with Crippen LogP contribution in [0.2, 0.25) is 0 Å². The molecule has 0 aromatic carbocycles. The third-order valence-electron chi connectivity index (χ3n) is 12.2. The van der Waals surface area contributed by atoms with Gasteiger partial charge in [-0.15, -0.1) is 0 Å². The van der Waals surface area contributed by atoms with Crippen molar-refractivity contribution in [2.45, 2.75) is 124 Å². The number of nitrogens with zero attached hydrogens (tertiary/aromatic N) is 2. The van der Waals surface area contributed by atoms with Gasteiger partial charge in [0, 0.05) is 32.1 Å². The third-order valence-corrected chi connectivity index (χ3v) is 12.2. The zero-order valence-electron chi connectivity index (χ0n) is 25.5. The molecule has 5 aliphatic rings. The molecular formula is C33H54N2O4. The van der Waals surface area contributed by atoms with Gasteiger partial charge < -0.3 is 19.6 Å². The van der Waals surface area contributed by atoms with Gasteiger partial charge in [-0.3, -0.25) is 4.79 Å². The van der Waals surface area contributed by atoms with Crippen LogP contribution in [0.3, 0.4) is 0 Å². The quantitative estimate of drug-likeness (QED) is 0.407. The number of allylic oxidation sites excluding steroid dienone is 1. The van der Waals surface area contributed by atoms with E-state index >= 15 is 0 Å². The number of aliphatic hydroxyl groups excluding tert-OH is 1. The van der Waals surface area contributed by atoms with E-state index in [0.717, 1.165) is 43.4 Å². The van der Waals surface area contributed by atoms with E-state index in [4.69, 9.17) is 4.74 Å². The first kappa shape index (κ1) is 29.0. The average molecular weight is 543 g/mol. The number of hydrogen-bond donors (Lipinski definition) is 1. The molecule has 5 rings (SSSR count). The maximum Gasteiger partial charge on any atom is 0.410 e. The van der Waals surface area contributed by atoms with Crippen molar-refractivity contribution in [3.63, 3.8) is 0 Å². The van der Waals surface area contributed by atoms with Gasteiger partial charge in [0.15, 0.2) is 0 Å². The molecule has 1 saturated heterocycles. The summed E-state index contributed by atoms with van der Waals surface area (Å²) in [4.78, 5) is 29.3. The average Bonchev–Trinajstić information content (AvgIpc) is 3.24. The lowest BCUT2D eigenvalue weighted by Crippen LogP contribution is -2.55. The zero-order chi connectivity index (χ0) is 28.1. The van der Waals surface area contributed by atoms with Gasteiger partial charge in [-0.2, -0.15) is 0 Å². The fourth-order valence-electron chi connectivity index (χ4n) is 10.1. The molecule has 0 unspecified atom stereocenters. The molecule has 0 spiro atoms. The lowest BCUT2D eigenvalue weighted by molar-refractivity contribution is -0.136. The topological polar surface area (TPSA) is 70.1 Å². The van der Waals surface area contributed by atoms with Gasteiger partial charge in [0.1, 0.15) is 0 Å². The number of ether oxygens (including phenoxy) is 1. The van der Waals surface area contributed by atoms with Crippen molar-refractivity contribution in [1.82, 2.24) is 9.80 Å². The number of hydrogen-bond acceptors (Lipinski definition) is 4. The van der Waals surface area contributed by atoms with Crippen LogP contribution in [0.15, 0.2) is 11.6 Å². The monoisotopic (exact) mass is 542 g/mol. The third kappa shape index (κ3) is 5.28. The second-order valence-electron chi connectivity index (χ2n) is 14.7. The van der Waals surface area contributed by atoms with Crippen molar-refractivity contribution in [1.29, 1.82) is 0 Å². The Morgan fingerprint density at radius 2 is 1.85 bits per heavy atom. The minimum absolute atomic E-state index is 0.0245. The molecule has 4 aliphatic carbocycles. The van der Waals surface area contributed by atoms with Gasteiger partial charge in [0.25, 0.3) is 0 Å². The van der Waals surface area contributed by atoms with E-state index in [-0.39, 0.29) is 30.3 Å². The largest absolute Gasteiger partial charge is 0.447 e. The molecule has 220 valence electrons. The number of fused-ring (bicyclic) bond motifs is 5. The van der Waals surface area contributed by atoms with Crippen molar-refractivity contribution in [3.8, 4) is 0 Å². The lowest BCUT2D eigenvalue weighted by Gasteiger charge is -2.58. The molecule has 39 heavy (non-hydrogen) atoms. The highest BCUT2D eigenvalue weighted by Gasteiger charge is 2.59. The molecule has 6 nitrogen and oxygen atoms in total. The Bertz CT molecular complexity index is 963.